The van der Waals surface area contributed by atoms with Crippen molar-refractivity contribution < 1.29 is 28.5 Å². The lowest BCUT2D eigenvalue weighted by Crippen LogP contribution is -2.11. The van der Waals surface area contributed by atoms with E-state index in [9.17, 15) is 9.59 Å². The van der Waals surface area contributed by atoms with Gasteiger partial charge in [0.05, 0.1) is 47.1 Å². The zero-order valence-corrected chi connectivity index (χ0v) is 46.5. The average molecular weight is 1080 g/mol. The van der Waals surface area contributed by atoms with E-state index in [1.165, 1.54) is 51.4 Å². The molecule has 0 aliphatic carbocycles. The molecule has 10 aromatic rings. The number of unbranched alkanes of at least 4 members (excludes halogenated alkanes) is 8. The first-order valence-corrected chi connectivity index (χ1v) is 28.6. The number of esters is 2. The van der Waals surface area contributed by atoms with Gasteiger partial charge in [-0.05, 0) is 166 Å². The van der Waals surface area contributed by atoms with Gasteiger partial charge in [0, 0.05) is 11.1 Å². The minimum atomic E-state index is -0.533. The van der Waals surface area contributed by atoms with Gasteiger partial charge in [0.1, 0.15) is 23.0 Å². The molecule has 0 N–H and O–H groups in total. The van der Waals surface area contributed by atoms with Crippen LogP contribution in [0.2, 0.25) is 0 Å². The van der Waals surface area contributed by atoms with Gasteiger partial charge in [0.25, 0.3) is 0 Å². The predicted molar refractivity (Wildman–Crippen MR) is 330 cm³/mol. The lowest BCUT2D eigenvalue weighted by atomic mass is 9.92. The highest BCUT2D eigenvalue weighted by Gasteiger charge is 2.23. The van der Waals surface area contributed by atoms with Gasteiger partial charge in [-0.25, -0.2) is 9.59 Å². The minimum absolute atomic E-state index is 0.323. The molecule has 0 radical (unpaired) electrons. The molecule has 0 aliphatic rings. The zero-order chi connectivity index (χ0) is 56.3. The van der Waals surface area contributed by atoms with E-state index in [0.717, 1.165) is 79.5 Å². The summed E-state index contributed by atoms with van der Waals surface area (Å²) < 4.78 is 24.5. The summed E-state index contributed by atoms with van der Waals surface area (Å²) in [5.41, 5.74) is 8.66. The average Bonchev–Trinajstić information content (AvgIpc) is 3.47. The van der Waals surface area contributed by atoms with Crippen LogP contribution in [-0.2, 0) is 0 Å². The van der Waals surface area contributed by atoms with Crippen molar-refractivity contribution in [2.24, 2.45) is 20.5 Å². The number of rotatable bonds is 25. The van der Waals surface area contributed by atoms with Gasteiger partial charge in [-0.3, -0.25) is 0 Å². The molecule has 0 spiro atoms. The van der Waals surface area contributed by atoms with E-state index in [1.807, 2.05) is 182 Å². The van der Waals surface area contributed by atoms with E-state index in [-0.39, 0.29) is 0 Å². The summed E-state index contributed by atoms with van der Waals surface area (Å²) in [6, 6.07) is 68.8. The van der Waals surface area contributed by atoms with Gasteiger partial charge in [-0.15, -0.1) is 0 Å². The summed E-state index contributed by atoms with van der Waals surface area (Å²) in [5.74, 6) is 1.24. The van der Waals surface area contributed by atoms with E-state index >= 15 is 0 Å². The SMILES string of the molecule is CCCCCCCOc1ccc(/N=N/c2ccc(-c3ccc(C(=O)Oc4ccc5ccccc5c4-c4c(OC(=O)c5ccc(-c6ccc(/N=N/c7ccc(OCCCCCCC)cc7)cc6)cc5)ccc5ccccc45)cc3)cc2)cc1. The van der Waals surface area contributed by atoms with Crippen LogP contribution >= 0.6 is 0 Å². The molecule has 10 aromatic carbocycles. The molecule has 0 bridgehead atoms. The Morgan fingerprint density at radius 1 is 0.329 bits per heavy atom. The molecule has 0 aliphatic heterocycles. The van der Waals surface area contributed by atoms with Crippen molar-refractivity contribution in [1.82, 2.24) is 0 Å². The standard InChI is InChI=1S/C72H66N4O6/c1-3-5-7-9-15-49-79-63-43-39-61(40-44-63)75-73-59-35-29-53(30-36-59)51-21-25-57(26-22-51)71(77)81-67-47-33-55-17-11-13-19-65(55)69(67)70-66-20-14-12-18-56(66)34-48-68(70)82-72(78)58-27-23-52(24-28-58)54-31-37-60(38-32-54)74-76-62-41-45-64(46-42-62)80-50-16-10-8-6-4-2/h11-14,17-48H,3-10,15-16,49-50H2,1-2H3/b75-73+,76-74+. The third-order valence-electron chi connectivity index (χ3n) is 14.3. The van der Waals surface area contributed by atoms with E-state index < -0.39 is 11.9 Å². The maximum atomic E-state index is 14.2. The number of hydrogen-bond acceptors (Lipinski definition) is 10. The predicted octanol–water partition coefficient (Wildman–Crippen LogP) is 21.0. The molecule has 0 unspecified atom stereocenters. The van der Waals surface area contributed by atoms with Crippen molar-refractivity contribution in [1.29, 1.82) is 0 Å². The molecule has 0 aromatic heterocycles. The summed E-state index contributed by atoms with van der Waals surface area (Å²) >= 11 is 0. The van der Waals surface area contributed by atoms with E-state index in [1.54, 1.807) is 36.4 Å². The highest BCUT2D eigenvalue weighted by atomic mass is 16.5. The van der Waals surface area contributed by atoms with Crippen molar-refractivity contribution >= 4 is 56.2 Å². The van der Waals surface area contributed by atoms with Crippen LogP contribution in [0.1, 0.15) is 98.8 Å². The van der Waals surface area contributed by atoms with Crippen molar-refractivity contribution in [3.63, 3.8) is 0 Å². The Labute approximate surface area is 480 Å². The second kappa shape index (κ2) is 28.1. The molecule has 0 amide bonds. The maximum absolute atomic E-state index is 14.2. The lowest BCUT2D eigenvalue weighted by Gasteiger charge is -2.19. The molecule has 0 saturated heterocycles. The van der Waals surface area contributed by atoms with E-state index in [0.29, 0.717) is 58.3 Å². The summed E-state index contributed by atoms with van der Waals surface area (Å²) in [4.78, 5) is 28.3. The monoisotopic (exact) mass is 1080 g/mol. The Hall–Kier alpha value is -9.54. The first-order chi connectivity index (χ1) is 40.4. The van der Waals surface area contributed by atoms with Gasteiger partial charge in [-0.2, -0.15) is 20.5 Å². The molecule has 10 heteroatoms. The highest BCUT2D eigenvalue weighted by Crippen LogP contribution is 2.46. The number of benzene rings is 10. The van der Waals surface area contributed by atoms with Crippen molar-refractivity contribution in [2.45, 2.75) is 78.1 Å². The Bertz CT molecular complexity index is 3530. The summed E-state index contributed by atoms with van der Waals surface area (Å²) in [6.45, 7) is 5.87. The molecular weight excluding hydrogens is 1020 g/mol. The fourth-order valence-electron chi connectivity index (χ4n) is 9.79. The second-order valence-corrected chi connectivity index (χ2v) is 20.3. The first-order valence-electron chi connectivity index (χ1n) is 28.6. The molecule has 0 heterocycles. The molecule has 410 valence electrons. The molecule has 10 rings (SSSR count). The minimum Gasteiger partial charge on any atom is -0.494 e. The number of ether oxygens (including phenoxy) is 4. The number of fused-ring (bicyclic) bond motifs is 2. The fourth-order valence-corrected chi connectivity index (χ4v) is 9.79. The van der Waals surface area contributed by atoms with Crippen molar-refractivity contribution in [3.05, 3.63) is 230 Å². The van der Waals surface area contributed by atoms with Gasteiger partial charge < -0.3 is 18.9 Å². The number of azo groups is 2. The Morgan fingerprint density at radius 3 is 1.00 bits per heavy atom. The summed E-state index contributed by atoms with van der Waals surface area (Å²) in [5, 5.41) is 21.2. The van der Waals surface area contributed by atoms with E-state index in [4.69, 9.17) is 18.9 Å². The summed E-state index contributed by atoms with van der Waals surface area (Å²) in [7, 11) is 0. The Balaban J connectivity index is 0.805. The van der Waals surface area contributed by atoms with Crippen LogP contribution in [0, 0.1) is 0 Å². The smallest absolute Gasteiger partial charge is 0.343 e. The molecule has 82 heavy (non-hydrogen) atoms. The molecule has 10 nitrogen and oxygen atoms in total. The van der Waals surface area contributed by atoms with Crippen LogP contribution in [0.4, 0.5) is 22.7 Å². The third kappa shape index (κ3) is 14.6. The highest BCUT2D eigenvalue weighted by molar-refractivity contribution is 6.11. The third-order valence-corrected chi connectivity index (χ3v) is 14.3. The van der Waals surface area contributed by atoms with Crippen molar-refractivity contribution in [2.75, 3.05) is 13.2 Å². The summed E-state index contributed by atoms with van der Waals surface area (Å²) in [6.07, 6.45) is 12.0. The number of hydrogen-bond donors (Lipinski definition) is 0. The van der Waals surface area contributed by atoms with E-state index in [2.05, 4.69) is 34.3 Å². The fraction of sp³-hybridized carbons (Fsp3) is 0.194. The van der Waals surface area contributed by atoms with Crippen molar-refractivity contribution in [3.8, 4) is 56.4 Å². The first kappa shape index (κ1) is 55.8. The van der Waals surface area contributed by atoms with Gasteiger partial charge in [0.15, 0.2) is 0 Å². The molecule has 0 atom stereocenters. The zero-order valence-electron chi connectivity index (χ0n) is 46.5. The lowest BCUT2D eigenvalue weighted by molar-refractivity contribution is 0.0723. The van der Waals surface area contributed by atoms with Crippen LogP contribution in [0.15, 0.2) is 239 Å². The molecule has 0 saturated carbocycles. The normalized spacial score (nSPS) is 11.4. The van der Waals surface area contributed by atoms with Gasteiger partial charge in [0.2, 0.25) is 0 Å². The maximum Gasteiger partial charge on any atom is 0.343 e. The second-order valence-electron chi connectivity index (χ2n) is 20.3. The Morgan fingerprint density at radius 2 is 0.646 bits per heavy atom. The van der Waals surface area contributed by atoms with Crippen LogP contribution in [0.3, 0.4) is 0 Å². The van der Waals surface area contributed by atoms with Gasteiger partial charge >= 0.3 is 11.9 Å². The Kier molecular flexibility index (Phi) is 19.1. The van der Waals surface area contributed by atoms with Gasteiger partial charge in [-0.1, -0.05) is 174 Å². The van der Waals surface area contributed by atoms with Crippen LogP contribution in [0.5, 0.6) is 23.0 Å². The molecular formula is C72H66N4O6. The number of carbonyl (C=O) groups is 2. The quantitative estimate of drug-likeness (QED) is 0.0243. The largest absolute Gasteiger partial charge is 0.494 e. The van der Waals surface area contributed by atoms with Crippen LogP contribution in [-0.4, -0.2) is 25.2 Å². The van der Waals surface area contributed by atoms with Crippen LogP contribution < -0.4 is 18.9 Å². The topological polar surface area (TPSA) is 121 Å². The number of nitrogens with zero attached hydrogens (tertiary/aromatic N) is 4. The molecule has 0 fully saturated rings. The van der Waals surface area contributed by atoms with Crippen LogP contribution in [0.25, 0.3) is 54.9 Å². The number of carbonyl (C=O) groups excluding carboxylic acids is 2.